The van der Waals surface area contributed by atoms with Crippen LogP contribution in [0.2, 0.25) is 0 Å². The normalized spacial score (nSPS) is 12.3. The van der Waals surface area contributed by atoms with Crippen LogP contribution >= 0.6 is 15.9 Å². The lowest BCUT2D eigenvalue weighted by Gasteiger charge is -2.37. The standard InChI is InChI=1S/C15H32BrNO2/c1-5-7-15(13-16,8-6-2)14-17(9-11-18-3)10-12-19-4/h5-14H2,1-4H3. The first kappa shape index (κ1) is 19.4. The summed E-state index contributed by atoms with van der Waals surface area (Å²) in [4.78, 5) is 2.49. The molecule has 0 bridgehead atoms. The maximum Gasteiger partial charge on any atom is 0.0589 e. The minimum Gasteiger partial charge on any atom is -0.383 e. The van der Waals surface area contributed by atoms with E-state index in [-0.39, 0.29) is 0 Å². The number of alkyl halides is 1. The van der Waals surface area contributed by atoms with Crippen LogP contribution in [-0.2, 0) is 9.47 Å². The molecular weight excluding hydrogens is 306 g/mol. The molecule has 0 saturated carbocycles. The first-order valence-corrected chi connectivity index (χ1v) is 8.56. The van der Waals surface area contributed by atoms with Crippen molar-refractivity contribution < 1.29 is 9.47 Å². The number of methoxy groups -OCH3 is 2. The van der Waals surface area contributed by atoms with Crippen LogP contribution in [0.25, 0.3) is 0 Å². The van der Waals surface area contributed by atoms with Crippen molar-refractivity contribution in [2.24, 2.45) is 5.41 Å². The quantitative estimate of drug-likeness (QED) is 0.479. The van der Waals surface area contributed by atoms with Crippen molar-refractivity contribution in [2.75, 3.05) is 52.4 Å². The number of hydrogen-bond donors (Lipinski definition) is 0. The molecule has 0 aromatic heterocycles. The molecule has 0 aliphatic heterocycles. The van der Waals surface area contributed by atoms with Gasteiger partial charge >= 0.3 is 0 Å². The highest BCUT2D eigenvalue weighted by molar-refractivity contribution is 9.09. The summed E-state index contributed by atoms with van der Waals surface area (Å²) in [7, 11) is 3.54. The maximum absolute atomic E-state index is 5.23. The molecule has 0 rings (SSSR count). The van der Waals surface area contributed by atoms with Crippen molar-refractivity contribution in [3.63, 3.8) is 0 Å². The summed E-state index contributed by atoms with van der Waals surface area (Å²) in [6, 6.07) is 0. The predicted octanol–water partition coefficient (Wildman–Crippen LogP) is 3.56. The molecule has 0 unspecified atom stereocenters. The van der Waals surface area contributed by atoms with Crippen molar-refractivity contribution in [2.45, 2.75) is 39.5 Å². The van der Waals surface area contributed by atoms with E-state index in [0.717, 1.165) is 38.2 Å². The number of rotatable bonds is 13. The van der Waals surface area contributed by atoms with Gasteiger partial charge in [0.15, 0.2) is 0 Å². The van der Waals surface area contributed by atoms with Gasteiger partial charge in [-0.15, -0.1) is 0 Å². The minimum atomic E-state index is 0.394. The molecule has 116 valence electrons. The molecule has 0 amide bonds. The summed E-state index contributed by atoms with van der Waals surface area (Å²) in [5.41, 5.74) is 0.394. The zero-order valence-corrected chi connectivity index (χ0v) is 14.8. The molecule has 0 aromatic carbocycles. The van der Waals surface area contributed by atoms with Crippen molar-refractivity contribution in [3.8, 4) is 0 Å². The van der Waals surface area contributed by atoms with Crippen LogP contribution in [0, 0.1) is 5.41 Å². The Morgan fingerprint density at radius 3 is 1.74 bits per heavy atom. The van der Waals surface area contributed by atoms with Gasteiger partial charge in [-0.25, -0.2) is 0 Å². The Balaban J connectivity index is 4.58. The van der Waals surface area contributed by atoms with Crippen molar-refractivity contribution in [1.29, 1.82) is 0 Å². The van der Waals surface area contributed by atoms with Gasteiger partial charge in [0.1, 0.15) is 0 Å². The highest BCUT2D eigenvalue weighted by atomic mass is 79.9. The van der Waals surface area contributed by atoms with Crippen molar-refractivity contribution in [3.05, 3.63) is 0 Å². The van der Waals surface area contributed by atoms with Crippen LogP contribution in [0.5, 0.6) is 0 Å². The molecule has 0 aliphatic rings. The molecule has 0 aromatic rings. The van der Waals surface area contributed by atoms with E-state index in [1.54, 1.807) is 14.2 Å². The van der Waals surface area contributed by atoms with E-state index in [2.05, 4.69) is 34.7 Å². The SMILES string of the molecule is CCCC(CBr)(CCC)CN(CCOC)CCOC. The second kappa shape index (κ2) is 12.1. The minimum absolute atomic E-state index is 0.394. The first-order chi connectivity index (χ1) is 9.17. The van der Waals surface area contributed by atoms with Crippen molar-refractivity contribution in [1.82, 2.24) is 4.90 Å². The van der Waals surface area contributed by atoms with Crippen LogP contribution < -0.4 is 0 Å². The first-order valence-electron chi connectivity index (χ1n) is 7.44. The molecule has 0 saturated heterocycles. The summed E-state index contributed by atoms with van der Waals surface area (Å²) >= 11 is 3.75. The molecule has 19 heavy (non-hydrogen) atoms. The average Bonchev–Trinajstić information content (AvgIpc) is 2.42. The third-order valence-electron chi connectivity index (χ3n) is 3.63. The smallest absolute Gasteiger partial charge is 0.0589 e. The topological polar surface area (TPSA) is 21.7 Å². The van der Waals surface area contributed by atoms with Crippen LogP contribution in [0.3, 0.4) is 0 Å². The second-order valence-corrected chi connectivity index (χ2v) is 5.96. The second-order valence-electron chi connectivity index (χ2n) is 5.40. The zero-order chi connectivity index (χ0) is 14.6. The fourth-order valence-corrected chi connectivity index (χ4v) is 3.44. The predicted molar refractivity (Wildman–Crippen MR) is 86.2 cm³/mol. The number of halogens is 1. The van der Waals surface area contributed by atoms with Gasteiger partial charge in [-0.1, -0.05) is 42.6 Å². The van der Waals surface area contributed by atoms with Gasteiger partial charge in [0, 0.05) is 39.2 Å². The molecule has 0 radical (unpaired) electrons. The van der Waals surface area contributed by atoms with Crippen molar-refractivity contribution >= 4 is 15.9 Å². The highest BCUT2D eigenvalue weighted by Crippen LogP contribution is 2.33. The Bertz CT molecular complexity index is 189. The van der Waals surface area contributed by atoms with E-state index in [1.807, 2.05) is 0 Å². The van der Waals surface area contributed by atoms with Gasteiger partial charge in [0.25, 0.3) is 0 Å². The van der Waals surface area contributed by atoms with Crippen LogP contribution in [-0.4, -0.2) is 57.3 Å². The summed E-state index contributed by atoms with van der Waals surface area (Å²) in [5.74, 6) is 0. The Labute approximate surface area is 128 Å². The lowest BCUT2D eigenvalue weighted by atomic mass is 9.80. The Morgan fingerprint density at radius 1 is 0.947 bits per heavy atom. The largest absolute Gasteiger partial charge is 0.383 e. The van der Waals surface area contributed by atoms with Crippen LogP contribution in [0.1, 0.15) is 39.5 Å². The van der Waals surface area contributed by atoms with Gasteiger partial charge < -0.3 is 9.47 Å². The zero-order valence-electron chi connectivity index (χ0n) is 13.2. The van der Waals surface area contributed by atoms with Crippen LogP contribution in [0.4, 0.5) is 0 Å². The maximum atomic E-state index is 5.23. The third-order valence-corrected chi connectivity index (χ3v) is 4.82. The summed E-state index contributed by atoms with van der Waals surface area (Å²) in [6.07, 6.45) is 5.05. The molecule has 0 N–H and O–H groups in total. The van der Waals surface area contributed by atoms with E-state index in [4.69, 9.17) is 9.47 Å². The van der Waals surface area contributed by atoms with Gasteiger partial charge in [-0.2, -0.15) is 0 Å². The summed E-state index contributed by atoms with van der Waals surface area (Å²) in [6.45, 7) is 9.25. The molecule has 4 heteroatoms. The number of nitrogens with zero attached hydrogens (tertiary/aromatic N) is 1. The molecule has 0 fully saturated rings. The lowest BCUT2D eigenvalue weighted by molar-refractivity contribution is 0.0791. The van der Waals surface area contributed by atoms with E-state index in [9.17, 15) is 0 Å². The van der Waals surface area contributed by atoms with Gasteiger partial charge in [-0.3, -0.25) is 4.90 Å². The van der Waals surface area contributed by atoms with E-state index < -0.39 is 0 Å². The molecule has 0 atom stereocenters. The monoisotopic (exact) mass is 337 g/mol. The fraction of sp³-hybridized carbons (Fsp3) is 1.00. The fourth-order valence-electron chi connectivity index (χ4n) is 2.70. The molecule has 0 heterocycles. The summed E-state index contributed by atoms with van der Waals surface area (Å²) in [5, 5.41) is 1.08. The average molecular weight is 338 g/mol. The summed E-state index contributed by atoms with van der Waals surface area (Å²) < 4.78 is 10.5. The Morgan fingerprint density at radius 2 is 1.42 bits per heavy atom. The molecule has 0 spiro atoms. The van der Waals surface area contributed by atoms with Crippen LogP contribution in [0.15, 0.2) is 0 Å². The van der Waals surface area contributed by atoms with E-state index in [0.29, 0.717) is 5.41 Å². The lowest BCUT2D eigenvalue weighted by Crippen LogP contribution is -2.42. The van der Waals surface area contributed by atoms with Gasteiger partial charge in [-0.05, 0) is 18.3 Å². The molecular formula is C15H32BrNO2. The van der Waals surface area contributed by atoms with E-state index >= 15 is 0 Å². The molecule has 0 aliphatic carbocycles. The molecule has 3 nitrogen and oxygen atoms in total. The van der Waals surface area contributed by atoms with E-state index in [1.165, 1.54) is 25.7 Å². The van der Waals surface area contributed by atoms with Gasteiger partial charge in [0.05, 0.1) is 13.2 Å². The number of hydrogen-bond acceptors (Lipinski definition) is 3. The number of ether oxygens (including phenoxy) is 2. The Kier molecular flexibility index (Phi) is 12.4. The van der Waals surface area contributed by atoms with Gasteiger partial charge in [0.2, 0.25) is 0 Å². The third kappa shape index (κ3) is 8.28. The highest BCUT2D eigenvalue weighted by Gasteiger charge is 2.29. The Hall–Kier alpha value is 0.360.